The fourth-order valence-electron chi connectivity index (χ4n) is 3.86. The third-order valence-corrected chi connectivity index (χ3v) is 5.41. The number of ether oxygens (including phenoxy) is 1. The van der Waals surface area contributed by atoms with Crippen LogP contribution in [-0.2, 0) is 11.2 Å². The van der Waals surface area contributed by atoms with E-state index in [2.05, 4.69) is 17.4 Å². The third-order valence-electron chi connectivity index (χ3n) is 5.41. The summed E-state index contributed by atoms with van der Waals surface area (Å²) in [5, 5.41) is 12.7. The highest BCUT2D eigenvalue weighted by Gasteiger charge is 2.32. The van der Waals surface area contributed by atoms with Gasteiger partial charge in [0.05, 0.1) is 18.8 Å². The van der Waals surface area contributed by atoms with E-state index in [0.29, 0.717) is 25.5 Å². The van der Waals surface area contributed by atoms with Gasteiger partial charge >= 0.3 is 0 Å². The second-order valence-electron chi connectivity index (χ2n) is 7.23. The number of nitrogens with one attached hydrogen (secondary N) is 1. The number of hydrogen-bond donors (Lipinski definition) is 2. The number of likely N-dealkylation sites (tertiary alicyclic amines) is 1. The summed E-state index contributed by atoms with van der Waals surface area (Å²) in [6.45, 7) is 4.93. The summed E-state index contributed by atoms with van der Waals surface area (Å²) in [7, 11) is 0. The highest BCUT2D eigenvalue weighted by atomic mass is 16.5. The zero-order valence-corrected chi connectivity index (χ0v) is 15.1. The van der Waals surface area contributed by atoms with Gasteiger partial charge in [-0.3, -0.25) is 4.79 Å². The molecule has 1 amide bonds. The Morgan fingerprint density at radius 3 is 2.60 bits per heavy atom. The Labute approximate surface area is 150 Å². The molecule has 1 aromatic carbocycles. The lowest BCUT2D eigenvalue weighted by atomic mass is 9.90. The lowest BCUT2D eigenvalue weighted by Crippen LogP contribution is -2.47. The second-order valence-corrected chi connectivity index (χ2v) is 7.23. The topological polar surface area (TPSA) is 61.8 Å². The van der Waals surface area contributed by atoms with E-state index in [1.165, 1.54) is 12.0 Å². The molecule has 2 heterocycles. The molecule has 3 rings (SSSR count). The molecule has 2 fully saturated rings. The zero-order chi connectivity index (χ0) is 17.6. The smallest absolute Gasteiger partial charge is 0.239 e. The quantitative estimate of drug-likeness (QED) is 0.827. The number of benzene rings is 1. The van der Waals surface area contributed by atoms with Crippen molar-refractivity contribution in [1.29, 1.82) is 0 Å². The number of carbonyl (C=O) groups is 1. The van der Waals surface area contributed by atoms with Crippen LogP contribution in [0.1, 0.15) is 38.2 Å². The fraction of sp³-hybridized carbons (Fsp3) is 0.650. The first-order valence-electron chi connectivity index (χ1n) is 9.57. The van der Waals surface area contributed by atoms with Gasteiger partial charge in [0.25, 0.3) is 0 Å². The standard InChI is InChI=1S/C20H30N2O3/c1-2-25-18-7-5-15(6-8-18)3-4-16-9-11-22(12-10-16)20(24)19-13-17(23)14-21-19/h5-8,16-17,19,21,23H,2-4,9-14H2,1H3/t17-,19+/m0/s1. The summed E-state index contributed by atoms with van der Waals surface area (Å²) < 4.78 is 5.48. The van der Waals surface area contributed by atoms with Crippen LogP contribution < -0.4 is 10.1 Å². The van der Waals surface area contributed by atoms with Gasteiger partial charge in [-0.05, 0) is 62.6 Å². The SMILES string of the molecule is CCOc1ccc(CCC2CCN(C(=O)[C@H]3C[C@H](O)CN3)CC2)cc1. The molecule has 0 radical (unpaired) electrons. The van der Waals surface area contributed by atoms with Gasteiger partial charge in [-0.25, -0.2) is 0 Å². The monoisotopic (exact) mass is 346 g/mol. The van der Waals surface area contributed by atoms with Crippen molar-refractivity contribution < 1.29 is 14.6 Å². The molecule has 0 bridgehead atoms. The molecule has 0 unspecified atom stereocenters. The predicted octanol–water partition coefficient (Wildman–Crippen LogP) is 1.98. The minimum Gasteiger partial charge on any atom is -0.494 e. The first-order chi connectivity index (χ1) is 12.2. The van der Waals surface area contributed by atoms with Crippen LogP contribution in [0, 0.1) is 5.92 Å². The Bertz CT molecular complexity index is 553. The van der Waals surface area contributed by atoms with Crippen LogP contribution in [-0.4, -0.2) is 54.3 Å². The Balaban J connectivity index is 1.39. The maximum atomic E-state index is 12.5. The van der Waals surface area contributed by atoms with Gasteiger partial charge in [-0.2, -0.15) is 0 Å². The van der Waals surface area contributed by atoms with Crippen LogP contribution in [0.25, 0.3) is 0 Å². The summed E-state index contributed by atoms with van der Waals surface area (Å²) >= 11 is 0. The van der Waals surface area contributed by atoms with Gasteiger partial charge < -0.3 is 20.1 Å². The summed E-state index contributed by atoms with van der Waals surface area (Å²) in [6.07, 6.45) is 4.60. The molecule has 0 aromatic heterocycles. The molecule has 2 atom stereocenters. The van der Waals surface area contributed by atoms with E-state index in [9.17, 15) is 9.90 Å². The van der Waals surface area contributed by atoms with Crippen molar-refractivity contribution in [3.05, 3.63) is 29.8 Å². The average molecular weight is 346 g/mol. The molecule has 25 heavy (non-hydrogen) atoms. The molecule has 2 saturated heterocycles. The van der Waals surface area contributed by atoms with Crippen LogP contribution in [0.15, 0.2) is 24.3 Å². The number of hydrogen-bond acceptors (Lipinski definition) is 4. The Morgan fingerprint density at radius 1 is 1.28 bits per heavy atom. The molecule has 5 nitrogen and oxygen atoms in total. The lowest BCUT2D eigenvalue weighted by molar-refractivity contribution is -0.134. The molecule has 1 aromatic rings. The molecular weight excluding hydrogens is 316 g/mol. The van der Waals surface area contributed by atoms with Gasteiger partial charge in [0.2, 0.25) is 5.91 Å². The number of amides is 1. The summed E-state index contributed by atoms with van der Waals surface area (Å²) in [6, 6.07) is 8.21. The van der Waals surface area contributed by atoms with Crippen molar-refractivity contribution in [2.24, 2.45) is 5.92 Å². The van der Waals surface area contributed by atoms with Crippen molar-refractivity contribution >= 4 is 5.91 Å². The molecular formula is C20H30N2O3. The second kappa shape index (κ2) is 8.68. The largest absolute Gasteiger partial charge is 0.494 e. The third kappa shape index (κ3) is 4.95. The Morgan fingerprint density at radius 2 is 2.00 bits per heavy atom. The van der Waals surface area contributed by atoms with Gasteiger partial charge in [0, 0.05) is 19.6 Å². The van der Waals surface area contributed by atoms with E-state index < -0.39 is 0 Å². The molecule has 0 saturated carbocycles. The van der Waals surface area contributed by atoms with E-state index in [4.69, 9.17) is 4.74 Å². The first-order valence-corrected chi connectivity index (χ1v) is 9.57. The normalized spacial score (nSPS) is 24.5. The number of piperidine rings is 1. The number of aliphatic hydroxyl groups excluding tert-OH is 1. The van der Waals surface area contributed by atoms with Crippen molar-refractivity contribution in [1.82, 2.24) is 10.2 Å². The minimum atomic E-state index is -0.374. The van der Waals surface area contributed by atoms with Crippen LogP contribution in [0.3, 0.4) is 0 Å². The highest BCUT2D eigenvalue weighted by Crippen LogP contribution is 2.24. The van der Waals surface area contributed by atoms with Crippen LogP contribution in [0.4, 0.5) is 0 Å². The van der Waals surface area contributed by atoms with Gasteiger partial charge in [-0.1, -0.05) is 12.1 Å². The minimum absolute atomic E-state index is 0.168. The number of nitrogens with zero attached hydrogens (tertiary/aromatic N) is 1. The Kier molecular flexibility index (Phi) is 6.32. The number of aliphatic hydroxyl groups is 1. The van der Waals surface area contributed by atoms with Crippen LogP contribution >= 0.6 is 0 Å². The molecule has 138 valence electrons. The van der Waals surface area contributed by atoms with E-state index >= 15 is 0 Å². The predicted molar refractivity (Wildman–Crippen MR) is 97.7 cm³/mol. The first kappa shape index (κ1) is 18.2. The number of rotatable bonds is 6. The van der Waals surface area contributed by atoms with Gasteiger partial charge in [-0.15, -0.1) is 0 Å². The lowest BCUT2D eigenvalue weighted by Gasteiger charge is -2.33. The van der Waals surface area contributed by atoms with Crippen molar-refractivity contribution in [3.8, 4) is 5.75 Å². The fourth-order valence-corrected chi connectivity index (χ4v) is 3.86. The van der Waals surface area contributed by atoms with E-state index in [-0.39, 0.29) is 18.1 Å². The number of carbonyl (C=O) groups excluding carboxylic acids is 1. The number of aryl methyl sites for hydroxylation is 1. The van der Waals surface area contributed by atoms with Crippen molar-refractivity contribution in [3.63, 3.8) is 0 Å². The summed E-state index contributed by atoms with van der Waals surface area (Å²) in [5.41, 5.74) is 1.35. The van der Waals surface area contributed by atoms with E-state index in [1.54, 1.807) is 0 Å². The summed E-state index contributed by atoms with van der Waals surface area (Å²) in [4.78, 5) is 14.4. The van der Waals surface area contributed by atoms with Crippen LogP contribution in [0.2, 0.25) is 0 Å². The van der Waals surface area contributed by atoms with Gasteiger partial charge in [0.15, 0.2) is 0 Å². The van der Waals surface area contributed by atoms with E-state index in [0.717, 1.165) is 38.1 Å². The maximum Gasteiger partial charge on any atom is 0.239 e. The molecule has 2 N–H and O–H groups in total. The zero-order valence-electron chi connectivity index (χ0n) is 15.1. The van der Waals surface area contributed by atoms with Crippen molar-refractivity contribution in [2.75, 3.05) is 26.2 Å². The Hall–Kier alpha value is -1.59. The maximum absolute atomic E-state index is 12.5. The van der Waals surface area contributed by atoms with E-state index in [1.807, 2.05) is 24.0 Å². The molecule has 2 aliphatic rings. The molecule has 5 heteroatoms. The molecule has 0 spiro atoms. The van der Waals surface area contributed by atoms with Gasteiger partial charge in [0.1, 0.15) is 5.75 Å². The van der Waals surface area contributed by atoms with Crippen LogP contribution in [0.5, 0.6) is 5.75 Å². The molecule has 2 aliphatic heterocycles. The average Bonchev–Trinajstić information content (AvgIpc) is 3.08. The van der Waals surface area contributed by atoms with Crippen molar-refractivity contribution in [2.45, 2.75) is 51.2 Å². The number of β-amino-alcohol motifs (C(OH)–C–C–N with tert-alkyl or cyclic N) is 1. The summed E-state index contributed by atoms with van der Waals surface area (Å²) in [5.74, 6) is 1.79. The molecule has 0 aliphatic carbocycles. The highest BCUT2D eigenvalue weighted by molar-refractivity contribution is 5.82.